The normalized spacial score (nSPS) is 19.8. The van der Waals surface area contributed by atoms with Crippen LogP contribution in [0.25, 0.3) is 16.6 Å². The van der Waals surface area contributed by atoms with E-state index in [1.807, 2.05) is 17.6 Å². The standard InChI is InChI=1S/C22H27N7/c1-12-9-15-10-17(7-8-18(15)25-12)26-20-13(2)21(24)28-29-11-19(27-22(20)29)14-3-5-16(23)6-4-14/h7-11,14,16,25-26H,3-6,23H2,1-2H3,(H2,24,28). The number of hydrogen-bond donors (Lipinski definition) is 4. The molecule has 1 fully saturated rings. The molecule has 1 aliphatic carbocycles. The van der Waals surface area contributed by atoms with E-state index in [9.17, 15) is 0 Å². The third-order valence-electron chi connectivity index (χ3n) is 6.12. The van der Waals surface area contributed by atoms with Crippen molar-refractivity contribution in [3.63, 3.8) is 0 Å². The highest BCUT2D eigenvalue weighted by Crippen LogP contribution is 2.34. The highest BCUT2D eigenvalue weighted by atomic mass is 15.3. The second-order valence-electron chi connectivity index (χ2n) is 8.31. The lowest BCUT2D eigenvalue weighted by molar-refractivity contribution is 0.391. The Morgan fingerprint density at radius 2 is 1.93 bits per heavy atom. The van der Waals surface area contributed by atoms with Gasteiger partial charge in [-0.3, -0.25) is 0 Å². The molecule has 7 heteroatoms. The summed E-state index contributed by atoms with van der Waals surface area (Å²) in [5, 5.41) is 9.24. The van der Waals surface area contributed by atoms with Gasteiger partial charge in [0.25, 0.3) is 0 Å². The Kier molecular flexibility index (Phi) is 4.20. The molecule has 1 saturated carbocycles. The van der Waals surface area contributed by atoms with Crippen LogP contribution in [0.1, 0.15) is 48.6 Å². The summed E-state index contributed by atoms with van der Waals surface area (Å²) in [6.07, 6.45) is 6.27. The van der Waals surface area contributed by atoms with Crippen LogP contribution in [-0.2, 0) is 0 Å². The summed E-state index contributed by atoms with van der Waals surface area (Å²) in [6.45, 7) is 4.05. The maximum atomic E-state index is 6.22. The second kappa shape index (κ2) is 6.77. The van der Waals surface area contributed by atoms with Gasteiger partial charge in [-0.2, -0.15) is 0 Å². The van der Waals surface area contributed by atoms with E-state index >= 15 is 0 Å². The average molecular weight is 390 g/mol. The molecule has 0 saturated heterocycles. The van der Waals surface area contributed by atoms with Gasteiger partial charge in [0.05, 0.1) is 17.6 Å². The summed E-state index contributed by atoms with van der Waals surface area (Å²) in [5.41, 5.74) is 19.3. The fraction of sp³-hybridized carbons (Fsp3) is 0.364. The van der Waals surface area contributed by atoms with Crippen molar-refractivity contribution in [3.05, 3.63) is 47.4 Å². The van der Waals surface area contributed by atoms with Crippen molar-refractivity contribution in [2.24, 2.45) is 5.73 Å². The van der Waals surface area contributed by atoms with Crippen molar-refractivity contribution in [1.29, 1.82) is 0 Å². The number of benzene rings is 1. The van der Waals surface area contributed by atoms with Gasteiger partial charge < -0.3 is 21.8 Å². The first-order chi connectivity index (χ1) is 14.0. The lowest BCUT2D eigenvalue weighted by Gasteiger charge is -2.24. The fourth-order valence-corrected chi connectivity index (χ4v) is 4.38. The number of nitrogens with zero attached hydrogens (tertiary/aromatic N) is 3. The van der Waals surface area contributed by atoms with Crippen LogP contribution in [0.15, 0.2) is 30.5 Å². The zero-order valence-electron chi connectivity index (χ0n) is 16.9. The van der Waals surface area contributed by atoms with Crippen LogP contribution in [0, 0.1) is 13.8 Å². The number of hydrogen-bond acceptors (Lipinski definition) is 5. The SMILES string of the molecule is Cc1cc2cc(Nc3c(C)c(N)nn4cc(C5CCC(N)CC5)nc34)ccc2[nH]1. The van der Waals surface area contributed by atoms with E-state index in [4.69, 9.17) is 16.5 Å². The number of fused-ring (bicyclic) bond motifs is 2. The van der Waals surface area contributed by atoms with E-state index in [1.165, 1.54) is 5.39 Å². The Balaban J connectivity index is 1.55. The summed E-state index contributed by atoms with van der Waals surface area (Å²) >= 11 is 0. The Labute approximate surface area is 169 Å². The average Bonchev–Trinajstić information content (AvgIpc) is 3.28. The van der Waals surface area contributed by atoms with Gasteiger partial charge in [0.1, 0.15) is 5.82 Å². The number of H-pyrrole nitrogens is 1. The molecule has 0 unspecified atom stereocenters. The molecule has 7 nitrogen and oxygen atoms in total. The first-order valence-corrected chi connectivity index (χ1v) is 10.3. The van der Waals surface area contributed by atoms with Crippen LogP contribution in [-0.4, -0.2) is 25.6 Å². The first kappa shape index (κ1) is 18.0. The lowest BCUT2D eigenvalue weighted by atomic mass is 9.85. The van der Waals surface area contributed by atoms with Crippen molar-refractivity contribution < 1.29 is 0 Å². The van der Waals surface area contributed by atoms with Gasteiger partial charge in [0.2, 0.25) is 0 Å². The van der Waals surface area contributed by atoms with E-state index < -0.39 is 0 Å². The van der Waals surface area contributed by atoms with Crippen LogP contribution in [0.3, 0.4) is 0 Å². The summed E-state index contributed by atoms with van der Waals surface area (Å²) in [7, 11) is 0. The molecular weight excluding hydrogens is 362 g/mol. The van der Waals surface area contributed by atoms with Gasteiger partial charge in [-0.1, -0.05) is 0 Å². The molecule has 3 aromatic heterocycles. The largest absolute Gasteiger partial charge is 0.382 e. The number of aromatic nitrogens is 4. The Morgan fingerprint density at radius 3 is 2.72 bits per heavy atom. The number of nitrogens with one attached hydrogen (secondary N) is 2. The Morgan fingerprint density at radius 1 is 1.14 bits per heavy atom. The van der Waals surface area contributed by atoms with Gasteiger partial charge in [-0.15, -0.1) is 5.10 Å². The Hall–Kier alpha value is -3.06. The topological polar surface area (TPSA) is 110 Å². The highest BCUT2D eigenvalue weighted by Gasteiger charge is 2.24. The number of rotatable bonds is 3. The predicted molar refractivity (Wildman–Crippen MR) is 118 cm³/mol. The molecule has 1 aliphatic rings. The third-order valence-corrected chi connectivity index (χ3v) is 6.12. The summed E-state index contributed by atoms with van der Waals surface area (Å²) in [6, 6.07) is 8.76. The van der Waals surface area contributed by atoms with Gasteiger partial charge >= 0.3 is 0 Å². The fourth-order valence-electron chi connectivity index (χ4n) is 4.38. The lowest BCUT2D eigenvalue weighted by Crippen LogP contribution is -2.25. The molecule has 5 rings (SSSR count). The van der Waals surface area contributed by atoms with Gasteiger partial charge in [-0.05, 0) is 63.8 Å². The second-order valence-corrected chi connectivity index (χ2v) is 8.31. The summed E-state index contributed by atoms with van der Waals surface area (Å²) in [4.78, 5) is 8.32. The molecular formula is C22H27N7. The van der Waals surface area contributed by atoms with Crippen molar-refractivity contribution >= 4 is 33.7 Å². The molecule has 4 aromatic rings. The smallest absolute Gasteiger partial charge is 0.177 e. The van der Waals surface area contributed by atoms with Crippen molar-refractivity contribution in [1.82, 2.24) is 19.6 Å². The van der Waals surface area contributed by atoms with Crippen molar-refractivity contribution in [2.45, 2.75) is 51.5 Å². The number of nitrogens with two attached hydrogens (primary N) is 2. The van der Waals surface area contributed by atoms with Crippen LogP contribution < -0.4 is 16.8 Å². The molecule has 0 bridgehead atoms. The van der Waals surface area contributed by atoms with E-state index in [1.54, 1.807) is 0 Å². The van der Waals surface area contributed by atoms with Crippen LogP contribution in [0.2, 0.25) is 0 Å². The van der Waals surface area contributed by atoms with Gasteiger partial charge in [0.15, 0.2) is 5.65 Å². The molecule has 150 valence electrons. The number of imidazole rings is 1. The molecule has 0 amide bonds. The van der Waals surface area contributed by atoms with E-state index in [-0.39, 0.29) is 0 Å². The minimum atomic E-state index is 0.323. The first-order valence-electron chi connectivity index (χ1n) is 10.3. The molecule has 0 aliphatic heterocycles. The molecule has 29 heavy (non-hydrogen) atoms. The van der Waals surface area contributed by atoms with Crippen molar-refractivity contribution in [2.75, 3.05) is 11.1 Å². The predicted octanol–water partition coefficient (Wildman–Crippen LogP) is 4.14. The molecule has 1 aromatic carbocycles. The van der Waals surface area contributed by atoms with Gasteiger partial charge in [-0.25, -0.2) is 9.50 Å². The minimum Gasteiger partial charge on any atom is -0.382 e. The van der Waals surface area contributed by atoms with E-state index in [2.05, 4.69) is 46.6 Å². The van der Waals surface area contributed by atoms with Crippen molar-refractivity contribution in [3.8, 4) is 0 Å². The van der Waals surface area contributed by atoms with Crippen LogP contribution in [0.4, 0.5) is 17.2 Å². The maximum absolute atomic E-state index is 6.22. The zero-order chi connectivity index (χ0) is 20.1. The molecule has 0 spiro atoms. The van der Waals surface area contributed by atoms with Crippen LogP contribution in [0.5, 0.6) is 0 Å². The molecule has 0 atom stereocenters. The third kappa shape index (κ3) is 3.21. The zero-order valence-corrected chi connectivity index (χ0v) is 16.9. The molecule has 0 radical (unpaired) electrons. The maximum Gasteiger partial charge on any atom is 0.177 e. The number of aromatic amines is 1. The monoisotopic (exact) mass is 389 g/mol. The summed E-state index contributed by atoms with van der Waals surface area (Å²) < 4.78 is 1.81. The number of anilines is 3. The minimum absolute atomic E-state index is 0.323. The Bertz CT molecular complexity index is 1200. The molecule has 3 heterocycles. The number of aryl methyl sites for hydroxylation is 1. The van der Waals surface area contributed by atoms with E-state index in [0.29, 0.717) is 17.8 Å². The summed E-state index contributed by atoms with van der Waals surface area (Å²) in [5.74, 6) is 0.943. The van der Waals surface area contributed by atoms with Crippen LogP contribution >= 0.6 is 0 Å². The molecule has 6 N–H and O–H groups in total. The number of nitrogen functional groups attached to an aromatic ring is 1. The van der Waals surface area contributed by atoms with E-state index in [0.717, 1.165) is 65.2 Å². The quantitative estimate of drug-likeness (QED) is 0.421. The van der Waals surface area contributed by atoms with Gasteiger partial charge in [0, 0.05) is 39.8 Å². The highest BCUT2D eigenvalue weighted by molar-refractivity contribution is 5.87.